The molecule has 0 aromatic heterocycles. The Kier molecular flexibility index (Phi) is 3.77. The highest BCUT2D eigenvalue weighted by atomic mass is 16.2. The Labute approximate surface area is 92.8 Å². The molecule has 3 N–H and O–H groups in total. The number of hydrogen-bond donors (Lipinski definition) is 2. The van der Waals surface area contributed by atoms with Gasteiger partial charge in [-0.2, -0.15) is 0 Å². The Balaban J connectivity index is 2.45. The molecule has 0 aromatic carbocycles. The highest BCUT2D eigenvalue weighted by molar-refractivity contribution is 5.81. The molecule has 0 bridgehead atoms. The number of carbonyl (C=O) groups is 1. The van der Waals surface area contributed by atoms with Crippen LogP contribution in [-0.4, -0.2) is 19.0 Å². The first-order valence-corrected chi connectivity index (χ1v) is 5.88. The molecule has 1 fully saturated rings. The molecule has 15 heavy (non-hydrogen) atoms. The van der Waals surface area contributed by atoms with E-state index in [-0.39, 0.29) is 16.7 Å². The third-order valence-corrected chi connectivity index (χ3v) is 3.40. The van der Waals surface area contributed by atoms with E-state index in [0.29, 0.717) is 6.54 Å². The van der Waals surface area contributed by atoms with Crippen molar-refractivity contribution in [3.63, 3.8) is 0 Å². The molecule has 0 unspecified atom stereocenters. The minimum Gasteiger partial charge on any atom is -0.355 e. The van der Waals surface area contributed by atoms with E-state index in [4.69, 9.17) is 5.73 Å². The maximum Gasteiger partial charge on any atom is 0.225 e. The highest BCUT2D eigenvalue weighted by Crippen LogP contribution is 2.36. The molecule has 88 valence electrons. The van der Waals surface area contributed by atoms with Gasteiger partial charge in [0.15, 0.2) is 0 Å². The summed E-state index contributed by atoms with van der Waals surface area (Å²) >= 11 is 0. The van der Waals surface area contributed by atoms with E-state index in [2.05, 4.69) is 5.32 Å². The third-order valence-electron chi connectivity index (χ3n) is 3.40. The number of carbonyl (C=O) groups excluding carboxylic acids is 1. The summed E-state index contributed by atoms with van der Waals surface area (Å²) in [6.45, 7) is 7.25. The van der Waals surface area contributed by atoms with Gasteiger partial charge in [-0.1, -0.05) is 33.6 Å². The Morgan fingerprint density at radius 1 is 1.33 bits per heavy atom. The lowest BCUT2D eigenvalue weighted by molar-refractivity contribution is -0.129. The summed E-state index contributed by atoms with van der Waals surface area (Å²) in [5, 5.41) is 3.04. The molecule has 1 rings (SSSR count). The summed E-state index contributed by atoms with van der Waals surface area (Å²) in [4.78, 5) is 11.7. The van der Waals surface area contributed by atoms with E-state index in [1.807, 2.05) is 20.8 Å². The highest BCUT2D eigenvalue weighted by Gasteiger charge is 2.33. The Hall–Kier alpha value is -0.570. The molecule has 0 spiro atoms. The average Bonchev–Trinajstić information content (AvgIpc) is 2.62. The van der Waals surface area contributed by atoms with Gasteiger partial charge in [-0.15, -0.1) is 0 Å². The lowest BCUT2D eigenvalue weighted by Gasteiger charge is -2.29. The maximum absolute atomic E-state index is 11.7. The van der Waals surface area contributed by atoms with Crippen LogP contribution in [0.1, 0.15) is 46.5 Å². The summed E-state index contributed by atoms with van der Waals surface area (Å²) < 4.78 is 0. The lowest BCUT2D eigenvalue weighted by atomic mass is 9.85. The van der Waals surface area contributed by atoms with Crippen molar-refractivity contribution in [2.24, 2.45) is 16.6 Å². The SMILES string of the molecule is CC(C)(C)C(=O)NCC1(CN)CCCC1. The molecule has 0 radical (unpaired) electrons. The minimum atomic E-state index is -0.297. The summed E-state index contributed by atoms with van der Waals surface area (Å²) in [6, 6.07) is 0. The zero-order valence-electron chi connectivity index (χ0n) is 10.2. The molecule has 0 aromatic rings. The van der Waals surface area contributed by atoms with Crippen LogP contribution in [0.2, 0.25) is 0 Å². The van der Waals surface area contributed by atoms with Crippen LogP contribution in [0.25, 0.3) is 0 Å². The van der Waals surface area contributed by atoms with Gasteiger partial charge in [0.25, 0.3) is 0 Å². The van der Waals surface area contributed by atoms with E-state index in [9.17, 15) is 4.79 Å². The number of nitrogens with two attached hydrogens (primary N) is 1. The van der Waals surface area contributed by atoms with Gasteiger partial charge in [-0.3, -0.25) is 4.79 Å². The van der Waals surface area contributed by atoms with Crippen LogP contribution in [-0.2, 0) is 4.79 Å². The van der Waals surface area contributed by atoms with Crippen molar-refractivity contribution < 1.29 is 4.79 Å². The van der Waals surface area contributed by atoms with Crippen molar-refractivity contribution in [1.82, 2.24) is 5.32 Å². The molecule has 1 aliphatic rings. The largest absolute Gasteiger partial charge is 0.355 e. The molecule has 1 aliphatic carbocycles. The van der Waals surface area contributed by atoms with Gasteiger partial charge in [-0.25, -0.2) is 0 Å². The van der Waals surface area contributed by atoms with Crippen LogP contribution in [0.4, 0.5) is 0 Å². The van der Waals surface area contributed by atoms with Crippen molar-refractivity contribution >= 4 is 5.91 Å². The Bertz CT molecular complexity index is 224. The monoisotopic (exact) mass is 212 g/mol. The molecule has 1 saturated carbocycles. The maximum atomic E-state index is 11.7. The van der Waals surface area contributed by atoms with Gasteiger partial charge in [0.05, 0.1) is 0 Å². The molecule has 3 heteroatoms. The van der Waals surface area contributed by atoms with Crippen molar-refractivity contribution in [1.29, 1.82) is 0 Å². The zero-order valence-corrected chi connectivity index (χ0v) is 10.2. The smallest absolute Gasteiger partial charge is 0.225 e. The van der Waals surface area contributed by atoms with Crippen LogP contribution in [0.15, 0.2) is 0 Å². The summed E-state index contributed by atoms with van der Waals surface area (Å²) in [5.41, 5.74) is 5.70. The number of rotatable bonds is 3. The van der Waals surface area contributed by atoms with E-state index in [1.54, 1.807) is 0 Å². The third kappa shape index (κ3) is 3.20. The first-order chi connectivity index (χ1) is 6.90. The summed E-state index contributed by atoms with van der Waals surface area (Å²) in [5.74, 6) is 0.127. The molecular weight excluding hydrogens is 188 g/mol. The molecule has 1 amide bonds. The van der Waals surface area contributed by atoms with Crippen LogP contribution in [0, 0.1) is 10.8 Å². The normalized spacial score (nSPS) is 20.3. The quantitative estimate of drug-likeness (QED) is 0.747. The molecular formula is C12H24N2O. The summed E-state index contributed by atoms with van der Waals surface area (Å²) in [6.07, 6.45) is 4.83. The molecule has 0 aliphatic heterocycles. The topological polar surface area (TPSA) is 55.1 Å². The predicted molar refractivity (Wildman–Crippen MR) is 62.4 cm³/mol. The number of amides is 1. The van der Waals surface area contributed by atoms with Gasteiger partial charge < -0.3 is 11.1 Å². The van der Waals surface area contributed by atoms with Gasteiger partial charge in [0.1, 0.15) is 0 Å². The van der Waals surface area contributed by atoms with Crippen LogP contribution < -0.4 is 11.1 Å². The van der Waals surface area contributed by atoms with E-state index in [0.717, 1.165) is 19.4 Å². The van der Waals surface area contributed by atoms with Gasteiger partial charge >= 0.3 is 0 Å². The zero-order chi connectivity index (χ0) is 11.5. The van der Waals surface area contributed by atoms with Crippen molar-refractivity contribution in [2.75, 3.05) is 13.1 Å². The number of nitrogens with one attached hydrogen (secondary N) is 1. The molecule has 0 saturated heterocycles. The second kappa shape index (κ2) is 4.52. The summed E-state index contributed by atoms with van der Waals surface area (Å²) in [7, 11) is 0. The molecule has 0 heterocycles. The van der Waals surface area contributed by atoms with Gasteiger partial charge in [0.2, 0.25) is 5.91 Å². The first-order valence-electron chi connectivity index (χ1n) is 5.88. The van der Waals surface area contributed by atoms with Gasteiger partial charge in [0, 0.05) is 12.0 Å². The Morgan fingerprint density at radius 2 is 1.87 bits per heavy atom. The first kappa shape index (κ1) is 12.5. The average molecular weight is 212 g/mol. The molecule has 0 atom stereocenters. The second-order valence-electron chi connectivity index (χ2n) is 5.84. The standard InChI is InChI=1S/C12H24N2O/c1-11(2,3)10(15)14-9-12(8-13)6-4-5-7-12/h4-9,13H2,1-3H3,(H,14,15). The Morgan fingerprint density at radius 3 is 2.27 bits per heavy atom. The van der Waals surface area contributed by atoms with Crippen molar-refractivity contribution in [3.8, 4) is 0 Å². The fraction of sp³-hybridized carbons (Fsp3) is 0.917. The fourth-order valence-electron chi connectivity index (χ4n) is 2.11. The molecule has 3 nitrogen and oxygen atoms in total. The van der Waals surface area contributed by atoms with Gasteiger partial charge in [-0.05, 0) is 24.8 Å². The van der Waals surface area contributed by atoms with Crippen molar-refractivity contribution in [2.45, 2.75) is 46.5 Å². The van der Waals surface area contributed by atoms with E-state index in [1.165, 1.54) is 12.8 Å². The van der Waals surface area contributed by atoms with Crippen LogP contribution in [0.3, 0.4) is 0 Å². The lowest BCUT2D eigenvalue weighted by Crippen LogP contribution is -2.44. The minimum absolute atomic E-state index is 0.127. The van der Waals surface area contributed by atoms with E-state index < -0.39 is 0 Å². The van der Waals surface area contributed by atoms with Crippen LogP contribution >= 0.6 is 0 Å². The van der Waals surface area contributed by atoms with E-state index >= 15 is 0 Å². The predicted octanol–water partition coefficient (Wildman–Crippen LogP) is 1.67. The number of hydrogen-bond acceptors (Lipinski definition) is 2. The second-order valence-corrected chi connectivity index (χ2v) is 5.84. The van der Waals surface area contributed by atoms with Crippen molar-refractivity contribution in [3.05, 3.63) is 0 Å². The van der Waals surface area contributed by atoms with Crippen LogP contribution in [0.5, 0.6) is 0 Å². The fourth-order valence-corrected chi connectivity index (χ4v) is 2.11.